The summed E-state index contributed by atoms with van der Waals surface area (Å²) in [5.74, 6) is -0.179. The standard InChI is InChI=1S/C14H14N4O2S/c1-2-3-12-16-17-14(21-9-13(19)20)18(12)11-6-4-10(8-15)5-7-11/h4-7H,2-3,9H2,1H3,(H,19,20). The number of hydrogen-bond donors (Lipinski definition) is 1. The van der Waals surface area contributed by atoms with Crippen LogP contribution in [0.5, 0.6) is 0 Å². The summed E-state index contributed by atoms with van der Waals surface area (Å²) in [7, 11) is 0. The van der Waals surface area contributed by atoms with Gasteiger partial charge in [-0.2, -0.15) is 5.26 Å². The molecule has 1 aromatic heterocycles. The van der Waals surface area contributed by atoms with Crippen molar-refractivity contribution in [2.24, 2.45) is 0 Å². The van der Waals surface area contributed by atoms with Crippen LogP contribution in [0.15, 0.2) is 29.4 Å². The average molecular weight is 302 g/mol. The monoisotopic (exact) mass is 302 g/mol. The normalized spacial score (nSPS) is 10.3. The second kappa shape index (κ2) is 6.90. The summed E-state index contributed by atoms with van der Waals surface area (Å²) < 4.78 is 1.85. The van der Waals surface area contributed by atoms with E-state index >= 15 is 0 Å². The van der Waals surface area contributed by atoms with E-state index in [1.807, 2.05) is 23.6 Å². The molecule has 0 saturated carbocycles. The Hall–Kier alpha value is -2.33. The summed E-state index contributed by atoms with van der Waals surface area (Å²) in [6, 6.07) is 9.13. The molecule has 0 unspecified atom stereocenters. The Kier molecular flexibility index (Phi) is 4.95. The van der Waals surface area contributed by atoms with Gasteiger partial charge in [0.15, 0.2) is 5.16 Å². The van der Waals surface area contributed by atoms with Crippen molar-refractivity contribution < 1.29 is 9.90 Å². The zero-order chi connectivity index (χ0) is 15.2. The quantitative estimate of drug-likeness (QED) is 0.823. The molecule has 2 rings (SSSR count). The van der Waals surface area contributed by atoms with Crippen molar-refractivity contribution in [2.45, 2.75) is 24.9 Å². The Labute approximate surface area is 126 Å². The molecule has 0 spiro atoms. The van der Waals surface area contributed by atoms with E-state index in [1.54, 1.807) is 12.1 Å². The molecule has 21 heavy (non-hydrogen) atoms. The summed E-state index contributed by atoms with van der Waals surface area (Å²) in [6.45, 7) is 2.04. The molecule has 0 radical (unpaired) electrons. The van der Waals surface area contributed by atoms with Crippen molar-refractivity contribution in [3.05, 3.63) is 35.7 Å². The Morgan fingerprint density at radius 3 is 2.67 bits per heavy atom. The molecule has 0 aliphatic rings. The number of nitrogens with zero attached hydrogens (tertiary/aromatic N) is 4. The van der Waals surface area contributed by atoms with Crippen molar-refractivity contribution in [1.82, 2.24) is 14.8 Å². The topological polar surface area (TPSA) is 91.8 Å². The van der Waals surface area contributed by atoms with E-state index in [2.05, 4.69) is 16.3 Å². The molecule has 1 heterocycles. The molecule has 0 amide bonds. The Bertz CT molecular complexity index is 673. The second-order valence-electron chi connectivity index (χ2n) is 4.33. The van der Waals surface area contributed by atoms with Crippen molar-refractivity contribution in [1.29, 1.82) is 5.26 Å². The van der Waals surface area contributed by atoms with E-state index in [0.29, 0.717) is 10.7 Å². The number of carbonyl (C=O) groups is 1. The van der Waals surface area contributed by atoms with Crippen LogP contribution >= 0.6 is 11.8 Å². The summed E-state index contributed by atoms with van der Waals surface area (Å²) in [6.07, 6.45) is 1.67. The molecule has 0 saturated heterocycles. The van der Waals surface area contributed by atoms with Crippen LogP contribution in [0.3, 0.4) is 0 Å². The fourth-order valence-corrected chi connectivity index (χ4v) is 2.54. The smallest absolute Gasteiger partial charge is 0.313 e. The van der Waals surface area contributed by atoms with Crippen LogP contribution in [0, 0.1) is 11.3 Å². The molecule has 108 valence electrons. The molecule has 2 aromatic rings. The van der Waals surface area contributed by atoms with Gasteiger partial charge in [0.25, 0.3) is 0 Å². The van der Waals surface area contributed by atoms with Gasteiger partial charge in [0, 0.05) is 12.1 Å². The van der Waals surface area contributed by atoms with Crippen LogP contribution in [0.25, 0.3) is 5.69 Å². The summed E-state index contributed by atoms with van der Waals surface area (Å²) >= 11 is 1.13. The average Bonchev–Trinajstić information content (AvgIpc) is 2.88. The van der Waals surface area contributed by atoms with Gasteiger partial charge in [-0.3, -0.25) is 9.36 Å². The minimum atomic E-state index is -0.897. The van der Waals surface area contributed by atoms with Crippen LogP contribution in [0.1, 0.15) is 24.7 Å². The number of hydrogen-bond acceptors (Lipinski definition) is 5. The predicted molar refractivity (Wildman–Crippen MR) is 78.4 cm³/mol. The zero-order valence-electron chi connectivity index (χ0n) is 11.5. The van der Waals surface area contributed by atoms with Gasteiger partial charge in [-0.1, -0.05) is 18.7 Å². The van der Waals surface area contributed by atoms with E-state index in [0.717, 1.165) is 36.1 Å². The zero-order valence-corrected chi connectivity index (χ0v) is 12.3. The van der Waals surface area contributed by atoms with Crippen LogP contribution < -0.4 is 0 Å². The van der Waals surface area contributed by atoms with Crippen molar-refractivity contribution in [3.8, 4) is 11.8 Å². The van der Waals surface area contributed by atoms with Crippen molar-refractivity contribution in [3.63, 3.8) is 0 Å². The maximum atomic E-state index is 10.7. The largest absolute Gasteiger partial charge is 0.481 e. The second-order valence-corrected chi connectivity index (χ2v) is 5.27. The first kappa shape index (κ1) is 15.1. The number of carboxylic acid groups (broad SMARTS) is 1. The van der Waals surface area contributed by atoms with E-state index in [-0.39, 0.29) is 5.75 Å². The molecular formula is C14H14N4O2S. The van der Waals surface area contributed by atoms with E-state index in [9.17, 15) is 4.79 Å². The molecule has 0 aliphatic heterocycles. The van der Waals surface area contributed by atoms with Gasteiger partial charge >= 0.3 is 5.97 Å². The Balaban J connectivity index is 2.39. The highest BCUT2D eigenvalue weighted by atomic mass is 32.2. The highest BCUT2D eigenvalue weighted by Crippen LogP contribution is 2.23. The maximum Gasteiger partial charge on any atom is 0.313 e. The van der Waals surface area contributed by atoms with Crippen molar-refractivity contribution in [2.75, 3.05) is 5.75 Å². The first-order valence-corrected chi connectivity index (χ1v) is 7.43. The van der Waals surface area contributed by atoms with Crippen molar-refractivity contribution >= 4 is 17.7 Å². The molecule has 1 N–H and O–H groups in total. The van der Waals surface area contributed by atoms with E-state index < -0.39 is 5.97 Å². The van der Waals surface area contributed by atoms with Gasteiger partial charge < -0.3 is 5.11 Å². The SMILES string of the molecule is CCCc1nnc(SCC(=O)O)n1-c1ccc(C#N)cc1. The van der Waals surface area contributed by atoms with Gasteiger partial charge in [-0.15, -0.1) is 10.2 Å². The lowest BCUT2D eigenvalue weighted by molar-refractivity contribution is -0.133. The lowest BCUT2D eigenvalue weighted by Gasteiger charge is -2.09. The van der Waals surface area contributed by atoms with Gasteiger partial charge in [0.2, 0.25) is 0 Å². The molecule has 0 atom stereocenters. The number of rotatable bonds is 6. The van der Waals surface area contributed by atoms with Crippen LogP contribution in [0.2, 0.25) is 0 Å². The predicted octanol–water partition coefficient (Wildman–Crippen LogP) is 2.27. The third-order valence-corrected chi connectivity index (χ3v) is 3.67. The number of aliphatic carboxylic acids is 1. The molecular weight excluding hydrogens is 288 g/mol. The fraction of sp³-hybridized carbons (Fsp3) is 0.286. The minimum absolute atomic E-state index is 0.0689. The number of carboxylic acids is 1. The van der Waals surface area contributed by atoms with Gasteiger partial charge in [-0.25, -0.2) is 0 Å². The third kappa shape index (κ3) is 3.61. The first-order valence-electron chi connectivity index (χ1n) is 6.45. The van der Waals surface area contributed by atoms with Gasteiger partial charge in [0.05, 0.1) is 17.4 Å². The molecule has 0 aliphatic carbocycles. The Morgan fingerprint density at radius 1 is 1.38 bits per heavy atom. The van der Waals surface area contributed by atoms with Gasteiger partial charge in [0.1, 0.15) is 5.82 Å². The summed E-state index contributed by atoms with van der Waals surface area (Å²) in [5.41, 5.74) is 1.40. The lowest BCUT2D eigenvalue weighted by atomic mass is 10.2. The van der Waals surface area contributed by atoms with Crippen LogP contribution in [0.4, 0.5) is 0 Å². The number of benzene rings is 1. The van der Waals surface area contributed by atoms with Crippen LogP contribution in [-0.4, -0.2) is 31.6 Å². The number of aryl methyl sites for hydroxylation is 1. The third-order valence-electron chi connectivity index (χ3n) is 2.75. The minimum Gasteiger partial charge on any atom is -0.481 e. The van der Waals surface area contributed by atoms with E-state index in [4.69, 9.17) is 10.4 Å². The molecule has 6 nitrogen and oxygen atoms in total. The van der Waals surface area contributed by atoms with Crippen LogP contribution in [-0.2, 0) is 11.2 Å². The molecule has 0 fully saturated rings. The number of aromatic nitrogens is 3. The molecule has 7 heteroatoms. The Morgan fingerprint density at radius 2 is 2.10 bits per heavy atom. The first-order chi connectivity index (χ1) is 10.2. The van der Waals surface area contributed by atoms with Gasteiger partial charge in [-0.05, 0) is 30.7 Å². The highest BCUT2D eigenvalue weighted by molar-refractivity contribution is 7.99. The fourth-order valence-electron chi connectivity index (χ4n) is 1.85. The molecule has 0 bridgehead atoms. The highest BCUT2D eigenvalue weighted by Gasteiger charge is 2.15. The number of thioether (sulfide) groups is 1. The lowest BCUT2D eigenvalue weighted by Crippen LogP contribution is -2.05. The number of nitriles is 1. The summed E-state index contributed by atoms with van der Waals surface area (Å²) in [4.78, 5) is 10.7. The molecule has 1 aromatic carbocycles. The summed E-state index contributed by atoms with van der Waals surface area (Å²) in [5, 5.41) is 26.4. The maximum absolute atomic E-state index is 10.7. The van der Waals surface area contributed by atoms with E-state index in [1.165, 1.54) is 0 Å².